The minimum atomic E-state index is 0.482. The number of hydrogen-bond donors (Lipinski definition) is 1. The zero-order chi connectivity index (χ0) is 13.7. The van der Waals surface area contributed by atoms with Gasteiger partial charge in [-0.25, -0.2) is 4.98 Å². The fourth-order valence-electron chi connectivity index (χ4n) is 2.42. The minimum Gasteiger partial charge on any atom is -0.478 e. The smallest absolute Gasteiger partial charge is 0.226 e. The summed E-state index contributed by atoms with van der Waals surface area (Å²) in [7, 11) is 0. The van der Waals surface area contributed by atoms with Crippen LogP contribution in [-0.4, -0.2) is 34.1 Å². The molecular weight excluding hydrogens is 258 g/mol. The molecule has 106 valence electrons. The van der Waals surface area contributed by atoms with Crippen molar-refractivity contribution >= 4 is 17.7 Å². The van der Waals surface area contributed by atoms with Crippen molar-refractivity contribution in [3.8, 4) is 5.88 Å². The number of thioether (sulfide) groups is 1. The van der Waals surface area contributed by atoms with Crippen molar-refractivity contribution in [2.45, 2.75) is 50.8 Å². The van der Waals surface area contributed by atoms with Gasteiger partial charge in [0.2, 0.25) is 11.8 Å². The van der Waals surface area contributed by atoms with Gasteiger partial charge in [0.25, 0.3) is 0 Å². The first kappa shape index (κ1) is 14.4. The summed E-state index contributed by atoms with van der Waals surface area (Å²) in [6.07, 6.45) is 6.94. The molecule has 0 saturated heterocycles. The molecule has 0 bridgehead atoms. The highest BCUT2D eigenvalue weighted by Gasteiger charge is 2.27. The predicted molar refractivity (Wildman–Crippen MR) is 81.1 cm³/mol. The summed E-state index contributed by atoms with van der Waals surface area (Å²) in [5, 5.41) is 4.15. The lowest BCUT2D eigenvalue weighted by molar-refractivity contribution is 0.305. The second kappa shape index (κ2) is 6.98. The number of anilines is 1. The molecule has 19 heavy (non-hydrogen) atoms. The van der Waals surface area contributed by atoms with E-state index in [1.807, 2.05) is 24.8 Å². The molecule has 0 aromatic carbocycles. The van der Waals surface area contributed by atoms with E-state index in [9.17, 15) is 0 Å². The second-order valence-corrected chi connectivity index (χ2v) is 6.05. The fraction of sp³-hybridized carbons (Fsp3) is 0.714. The summed E-state index contributed by atoms with van der Waals surface area (Å²) in [6, 6.07) is 2.37. The van der Waals surface area contributed by atoms with E-state index in [2.05, 4.69) is 28.5 Å². The average molecular weight is 281 g/mol. The lowest BCUT2D eigenvalue weighted by Gasteiger charge is -2.19. The van der Waals surface area contributed by atoms with E-state index in [0.29, 0.717) is 29.7 Å². The van der Waals surface area contributed by atoms with E-state index in [1.165, 1.54) is 19.3 Å². The molecule has 1 N–H and O–H groups in total. The summed E-state index contributed by atoms with van der Waals surface area (Å²) in [6.45, 7) is 4.77. The number of ether oxygens (including phenoxy) is 1. The lowest BCUT2D eigenvalue weighted by atomic mass is 10.2. The van der Waals surface area contributed by atoms with Gasteiger partial charge in [-0.3, -0.25) is 0 Å². The molecule has 2 atom stereocenters. The number of hydrogen-bond acceptors (Lipinski definition) is 5. The molecule has 2 unspecified atom stereocenters. The normalized spacial score (nSPS) is 22.5. The molecule has 1 saturated carbocycles. The Morgan fingerprint density at radius 1 is 1.42 bits per heavy atom. The molecule has 4 nitrogen and oxygen atoms in total. The van der Waals surface area contributed by atoms with Crippen molar-refractivity contribution in [3.63, 3.8) is 0 Å². The van der Waals surface area contributed by atoms with Gasteiger partial charge in [-0.15, -0.1) is 0 Å². The second-order valence-electron chi connectivity index (χ2n) is 4.98. The molecule has 1 aliphatic rings. The molecule has 5 heteroatoms. The Bertz CT molecular complexity index is 414. The maximum Gasteiger partial charge on any atom is 0.226 e. The molecule has 1 heterocycles. The standard InChI is InChI=1S/C14H23N3OS/c1-4-8-18-13-9-10(2)15-14(17-13)16-11-6-5-7-12(11)19-3/h9,11-12H,4-8H2,1-3H3,(H,15,16,17). The van der Waals surface area contributed by atoms with Crippen molar-refractivity contribution in [1.82, 2.24) is 9.97 Å². The number of aromatic nitrogens is 2. The van der Waals surface area contributed by atoms with Crippen LogP contribution in [0.5, 0.6) is 5.88 Å². The van der Waals surface area contributed by atoms with Crippen LogP contribution in [0.3, 0.4) is 0 Å². The van der Waals surface area contributed by atoms with Crippen molar-refractivity contribution in [2.75, 3.05) is 18.2 Å². The first-order valence-corrected chi connectivity index (χ1v) is 8.29. The van der Waals surface area contributed by atoms with Crippen molar-refractivity contribution in [2.24, 2.45) is 0 Å². The van der Waals surface area contributed by atoms with Crippen molar-refractivity contribution < 1.29 is 4.74 Å². The monoisotopic (exact) mass is 281 g/mol. The molecule has 1 aliphatic carbocycles. The van der Waals surface area contributed by atoms with Crippen LogP contribution < -0.4 is 10.1 Å². The predicted octanol–water partition coefficient (Wildman–Crippen LogP) is 3.27. The van der Waals surface area contributed by atoms with E-state index in [1.54, 1.807) is 0 Å². The minimum absolute atomic E-state index is 0.482. The van der Waals surface area contributed by atoms with E-state index in [-0.39, 0.29) is 0 Å². The Morgan fingerprint density at radius 2 is 2.26 bits per heavy atom. The Balaban J connectivity index is 2.04. The van der Waals surface area contributed by atoms with Gasteiger partial charge in [-0.05, 0) is 32.4 Å². The number of rotatable bonds is 6. The third-order valence-corrected chi connectivity index (χ3v) is 4.52. The molecular formula is C14H23N3OS. The third-order valence-electron chi connectivity index (χ3n) is 3.35. The first-order chi connectivity index (χ1) is 9.22. The summed E-state index contributed by atoms with van der Waals surface area (Å²) in [5.74, 6) is 1.38. The Kier molecular flexibility index (Phi) is 5.31. The quantitative estimate of drug-likeness (QED) is 0.867. The van der Waals surface area contributed by atoms with Crippen LogP contribution in [0, 0.1) is 6.92 Å². The van der Waals surface area contributed by atoms with E-state index in [0.717, 1.165) is 12.1 Å². The summed E-state index contributed by atoms with van der Waals surface area (Å²) in [5.41, 5.74) is 0.947. The van der Waals surface area contributed by atoms with E-state index in [4.69, 9.17) is 4.74 Å². The molecule has 2 rings (SSSR count). The lowest BCUT2D eigenvalue weighted by Crippen LogP contribution is -2.27. The number of aryl methyl sites for hydroxylation is 1. The van der Waals surface area contributed by atoms with Gasteiger partial charge in [0, 0.05) is 23.1 Å². The largest absolute Gasteiger partial charge is 0.478 e. The van der Waals surface area contributed by atoms with Gasteiger partial charge in [0.05, 0.1) is 6.61 Å². The molecule has 0 aliphatic heterocycles. The number of nitrogens with zero attached hydrogens (tertiary/aromatic N) is 2. The molecule has 1 aromatic rings. The third kappa shape index (κ3) is 4.00. The molecule has 1 fully saturated rings. The van der Waals surface area contributed by atoms with Crippen molar-refractivity contribution in [1.29, 1.82) is 0 Å². The van der Waals surface area contributed by atoms with Gasteiger partial charge in [0.1, 0.15) is 0 Å². The highest BCUT2D eigenvalue weighted by atomic mass is 32.2. The summed E-state index contributed by atoms with van der Waals surface area (Å²) >= 11 is 1.93. The Labute approximate surface area is 119 Å². The summed E-state index contributed by atoms with van der Waals surface area (Å²) < 4.78 is 5.60. The van der Waals surface area contributed by atoms with Gasteiger partial charge in [0.15, 0.2) is 0 Å². The highest BCUT2D eigenvalue weighted by Crippen LogP contribution is 2.30. The van der Waals surface area contributed by atoms with E-state index < -0.39 is 0 Å². The van der Waals surface area contributed by atoms with Gasteiger partial charge in [-0.2, -0.15) is 16.7 Å². The first-order valence-electron chi connectivity index (χ1n) is 7.00. The number of nitrogens with one attached hydrogen (secondary N) is 1. The van der Waals surface area contributed by atoms with Gasteiger partial charge < -0.3 is 10.1 Å². The van der Waals surface area contributed by atoms with Crippen LogP contribution in [0.25, 0.3) is 0 Å². The van der Waals surface area contributed by atoms with Crippen molar-refractivity contribution in [3.05, 3.63) is 11.8 Å². The van der Waals surface area contributed by atoms with Crippen LogP contribution in [0.1, 0.15) is 38.3 Å². The molecule has 0 spiro atoms. The SMILES string of the molecule is CCCOc1cc(C)nc(NC2CCCC2SC)n1. The highest BCUT2D eigenvalue weighted by molar-refractivity contribution is 7.99. The van der Waals surface area contributed by atoms with Crippen LogP contribution in [0.15, 0.2) is 6.07 Å². The summed E-state index contributed by atoms with van der Waals surface area (Å²) in [4.78, 5) is 8.91. The maximum absolute atomic E-state index is 5.60. The molecule has 0 radical (unpaired) electrons. The Morgan fingerprint density at radius 3 is 3.00 bits per heavy atom. The molecule has 0 amide bonds. The van der Waals surface area contributed by atoms with E-state index >= 15 is 0 Å². The topological polar surface area (TPSA) is 47.0 Å². The van der Waals surface area contributed by atoms with Gasteiger partial charge >= 0.3 is 0 Å². The Hall–Kier alpha value is -0.970. The maximum atomic E-state index is 5.60. The van der Waals surface area contributed by atoms with Crippen LogP contribution >= 0.6 is 11.8 Å². The van der Waals surface area contributed by atoms with Crippen LogP contribution in [0.2, 0.25) is 0 Å². The zero-order valence-electron chi connectivity index (χ0n) is 12.0. The fourth-order valence-corrected chi connectivity index (χ4v) is 3.36. The molecule has 1 aromatic heterocycles. The van der Waals surface area contributed by atoms with Gasteiger partial charge in [-0.1, -0.05) is 13.3 Å². The van der Waals surface area contributed by atoms with Crippen LogP contribution in [-0.2, 0) is 0 Å². The van der Waals surface area contributed by atoms with Crippen LogP contribution in [0.4, 0.5) is 5.95 Å². The average Bonchev–Trinajstić information content (AvgIpc) is 2.83. The zero-order valence-corrected chi connectivity index (χ0v) is 12.8.